The summed E-state index contributed by atoms with van der Waals surface area (Å²) in [5, 5.41) is 4.47. The van der Waals surface area contributed by atoms with E-state index in [0.29, 0.717) is 16.4 Å². The zero-order chi connectivity index (χ0) is 13.1. The molecular weight excluding hydrogens is 286 g/mol. The highest BCUT2D eigenvalue weighted by atomic mass is 35.5. The molecule has 1 amide bonds. The second-order valence-electron chi connectivity index (χ2n) is 3.94. The Morgan fingerprint density at radius 1 is 1.50 bits per heavy atom. The summed E-state index contributed by atoms with van der Waals surface area (Å²) < 4.78 is 1.06. The molecule has 0 aliphatic rings. The van der Waals surface area contributed by atoms with E-state index in [1.165, 1.54) is 11.3 Å². The highest BCUT2D eigenvalue weighted by molar-refractivity contribution is 7.98. The lowest BCUT2D eigenvalue weighted by atomic mass is 10.1. The largest absolute Gasteiger partial charge is 0.350 e. The average molecular weight is 300 g/mol. The van der Waals surface area contributed by atoms with Gasteiger partial charge >= 0.3 is 0 Å². The predicted octanol–water partition coefficient (Wildman–Crippen LogP) is 3.96. The van der Waals surface area contributed by atoms with Gasteiger partial charge in [-0.1, -0.05) is 23.7 Å². The average Bonchev–Trinajstić information content (AvgIpc) is 2.68. The quantitative estimate of drug-likeness (QED) is 0.866. The number of carbonyl (C=O) groups is 1. The van der Waals surface area contributed by atoms with Crippen LogP contribution in [0.3, 0.4) is 0 Å². The van der Waals surface area contributed by atoms with Crippen molar-refractivity contribution in [1.82, 2.24) is 5.32 Å². The van der Waals surface area contributed by atoms with Crippen molar-refractivity contribution in [3.05, 3.63) is 33.7 Å². The van der Waals surface area contributed by atoms with Gasteiger partial charge in [-0.05, 0) is 24.8 Å². The van der Waals surface area contributed by atoms with Crippen LogP contribution < -0.4 is 5.32 Å². The van der Waals surface area contributed by atoms with Crippen LogP contribution in [0.5, 0.6) is 0 Å². The second-order valence-corrected chi connectivity index (χ2v) is 6.36. The molecule has 96 valence electrons. The Labute approximate surface area is 120 Å². The van der Waals surface area contributed by atoms with Crippen LogP contribution in [-0.2, 0) is 0 Å². The Hall–Kier alpha value is -0.710. The molecule has 5 heteroatoms. The van der Waals surface area contributed by atoms with Crippen molar-refractivity contribution >= 4 is 50.7 Å². The molecular formula is C13H14ClNOS2. The van der Waals surface area contributed by atoms with Gasteiger partial charge < -0.3 is 5.32 Å². The molecule has 0 spiro atoms. The van der Waals surface area contributed by atoms with E-state index < -0.39 is 0 Å². The van der Waals surface area contributed by atoms with E-state index in [0.717, 1.165) is 21.4 Å². The maximum atomic E-state index is 12.0. The van der Waals surface area contributed by atoms with Gasteiger partial charge in [0, 0.05) is 22.4 Å². The number of rotatable bonds is 4. The standard InChI is InChI=1S/C13H14ClNOS2/c1-8-4-3-5-9-10(8)11(14)12(18-9)13(16)15-6-7-17-2/h3-5H,6-7H2,1-2H3,(H,15,16). The van der Waals surface area contributed by atoms with Gasteiger partial charge in [-0.3, -0.25) is 4.79 Å². The first kappa shape index (κ1) is 13.7. The molecule has 1 N–H and O–H groups in total. The van der Waals surface area contributed by atoms with Gasteiger partial charge in [0.15, 0.2) is 0 Å². The Kier molecular flexibility index (Phi) is 4.54. The number of hydrogen-bond donors (Lipinski definition) is 1. The molecule has 0 radical (unpaired) electrons. The summed E-state index contributed by atoms with van der Waals surface area (Å²) in [5.74, 6) is 0.836. The summed E-state index contributed by atoms with van der Waals surface area (Å²) in [6.45, 7) is 2.68. The first-order chi connectivity index (χ1) is 8.65. The van der Waals surface area contributed by atoms with Crippen LogP contribution in [0, 0.1) is 6.92 Å². The Morgan fingerprint density at radius 2 is 2.28 bits per heavy atom. The van der Waals surface area contributed by atoms with Crippen molar-refractivity contribution in [3.8, 4) is 0 Å². The normalized spacial score (nSPS) is 10.8. The van der Waals surface area contributed by atoms with Crippen molar-refractivity contribution in [2.75, 3.05) is 18.6 Å². The second kappa shape index (κ2) is 5.95. The summed E-state index contributed by atoms with van der Waals surface area (Å²) in [4.78, 5) is 12.6. The molecule has 0 atom stereocenters. The van der Waals surface area contributed by atoms with Crippen LogP contribution in [0.4, 0.5) is 0 Å². The van der Waals surface area contributed by atoms with E-state index >= 15 is 0 Å². The summed E-state index contributed by atoms with van der Waals surface area (Å²) in [5.41, 5.74) is 1.11. The highest BCUT2D eigenvalue weighted by Crippen LogP contribution is 2.37. The lowest BCUT2D eigenvalue weighted by molar-refractivity contribution is 0.0960. The molecule has 0 saturated carbocycles. The SMILES string of the molecule is CSCCNC(=O)c1sc2cccc(C)c2c1Cl. The summed E-state index contributed by atoms with van der Waals surface area (Å²) >= 11 is 9.47. The number of thioether (sulfide) groups is 1. The van der Waals surface area contributed by atoms with Gasteiger partial charge in [-0.2, -0.15) is 11.8 Å². The number of halogens is 1. The molecule has 2 aromatic rings. The van der Waals surface area contributed by atoms with Crippen molar-refractivity contribution in [2.45, 2.75) is 6.92 Å². The smallest absolute Gasteiger partial charge is 0.262 e. The minimum atomic E-state index is -0.0744. The monoisotopic (exact) mass is 299 g/mol. The maximum Gasteiger partial charge on any atom is 0.262 e. The van der Waals surface area contributed by atoms with Gasteiger partial charge in [0.1, 0.15) is 4.88 Å². The van der Waals surface area contributed by atoms with Crippen molar-refractivity contribution < 1.29 is 4.79 Å². The molecule has 1 heterocycles. The van der Waals surface area contributed by atoms with Gasteiger partial charge in [0.25, 0.3) is 5.91 Å². The number of benzene rings is 1. The predicted molar refractivity (Wildman–Crippen MR) is 82.3 cm³/mol. The third kappa shape index (κ3) is 2.66. The molecule has 1 aromatic carbocycles. The third-order valence-corrected chi connectivity index (χ3v) is 4.92. The maximum absolute atomic E-state index is 12.0. The van der Waals surface area contributed by atoms with Crippen LogP contribution in [-0.4, -0.2) is 24.5 Å². The number of amides is 1. The number of fused-ring (bicyclic) bond motifs is 1. The third-order valence-electron chi connectivity index (χ3n) is 2.66. The van der Waals surface area contributed by atoms with E-state index in [1.807, 2.05) is 31.4 Å². The Balaban J connectivity index is 2.31. The van der Waals surface area contributed by atoms with Crippen LogP contribution in [0.1, 0.15) is 15.2 Å². The van der Waals surface area contributed by atoms with E-state index in [-0.39, 0.29) is 5.91 Å². The summed E-state index contributed by atoms with van der Waals surface area (Å²) in [6.07, 6.45) is 2.02. The summed E-state index contributed by atoms with van der Waals surface area (Å²) in [7, 11) is 0. The lowest BCUT2D eigenvalue weighted by Crippen LogP contribution is -2.25. The van der Waals surface area contributed by atoms with E-state index in [9.17, 15) is 4.79 Å². The zero-order valence-electron chi connectivity index (χ0n) is 10.2. The molecule has 0 aliphatic heterocycles. The minimum absolute atomic E-state index is 0.0744. The van der Waals surface area contributed by atoms with Crippen molar-refractivity contribution in [1.29, 1.82) is 0 Å². The number of carbonyl (C=O) groups excluding carboxylic acids is 1. The van der Waals surface area contributed by atoms with Crippen molar-refractivity contribution in [3.63, 3.8) is 0 Å². The van der Waals surface area contributed by atoms with Crippen LogP contribution in [0.25, 0.3) is 10.1 Å². The van der Waals surface area contributed by atoms with E-state index in [1.54, 1.807) is 11.8 Å². The first-order valence-electron chi connectivity index (χ1n) is 5.60. The zero-order valence-corrected chi connectivity index (χ0v) is 12.6. The van der Waals surface area contributed by atoms with Crippen LogP contribution in [0.15, 0.2) is 18.2 Å². The topological polar surface area (TPSA) is 29.1 Å². The number of nitrogens with one attached hydrogen (secondary N) is 1. The molecule has 0 aliphatic carbocycles. The lowest BCUT2D eigenvalue weighted by Gasteiger charge is -2.02. The van der Waals surface area contributed by atoms with Gasteiger partial charge in [0.2, 0.25) is 0 Å². The van der Waals surface area contributed by atoms with Gasteiger partial charge in [-0.15, -0.1) is 11.3 Å². The number of thiophene rings is 1. The molecule has 2 nitrogen and oxygen atoms in total. The van der Waals surface area contributed by atoms with Gasteiger partial charge in [0.05, 0.1) is 5.02 Å². The first-order valence-corrected chi connectivity index (χ1v) is 8.18. The molecule has 0 fully saturated rings. The fourth-order valence-electron chi connectivity index (χ4n) is 1.77. The fraction of sp³-hybridized carbons (Fsp3) is 0.308. The van der Waals surface area contributed by atoms with Gasteiger partial charge in [-0.25, -0.2) is 0 Å². The van der Waals surface area contributed by atoms with Crippen LogP contribution in [0.2, 0.25) is 5.02 Å². The summed E-state index contributed by atoms with van der Waals surface area (Å²) in [6, 6.07) is 5.99. The molecule has 0 unspecified atom stereocenters. The van der Waals surface area contributed by atoms with Crippen LogP contribution >= 0.6 is 34.7 Å². The Bertz CT molecular complexity index is 580. The van der Waals surface area contributed by atoms with E-state index in [4.69, 9.17) is 11.6 Å². The molecule has 18 heavy (non-hydrogen) atoms. The highest BCUT2D eigenvalue weighted by Gasteiger charge is 2.17. The minimum Gasteiger partial charge on any atom is -0.350 e. The molecule has 2 rings (SSSR count). The number of aryl methyl sites for hydroxylation is 1. The van der Waals surface area contributed by atoms with E-state index in [2.05, 4.69) is 5.32 Å². The molecule has 0 saturated heterocycles. The fourth-order valence-corrected chi connectivity index (χ4v) is 3.67. The number of hydrogen-bond acceptors (Lipinski definition) is 3. The van der Waals surface area contributed by atoms with Crippen molar-refractivity contribution in [2.24, 2.45) is 0 Å². The molecule has 1 aromatic heterocycles. The Morgan fingerprint density at radius 3 is 2.94 bits per heavy atom. The molecule has 0 bridgehead atoms.